The zero-order valence-electron chi connectivity index (χ0n) is 12.1. The van der Waals surface area contributed by atoms with E-state index in [0.29, 0.717) is 12.1 Å². The maximum atomic E-state index is 12.7. The molecule has 1 unspecified atom stereocenters. The van der Waals surface area contributed by atoms with Crippen molar-refractivity contribution in [3.05, 3.63) is 35.4 Å². The Morgan fingerprint density at radius 3 is 2.25 bits per heavy atom. The number of rotatable bonds is 7. The lowest BCUT2D eigenvalue weighted by atomic mass is 10.0. The standard InChI is InChI=1S/C15H23F3N2/c1-3-8-20(9-4-2)11-14(19)12-6-5-7-13(10-12)15(16,17)18/h5-7,10,14H,3-4,8-9,11,19H2,1-2H3. The van der Waals surface area contributed by atoms with E-state index < -0.39 is 17.8 Å². The lowest BCUT2D eigenvalue weighted by Gasteiger charge is -2.25. The summed E-state index contributed by atoms with van der Waals surface area (Å²) >= 11 is 0. The van der Waals surface area contributed by atoms with Crippen molar-refractivity contribution in [1.82, 2.24) is 4.90 Å². The zero-order chi connectivity index (χ0) is 15.2. The second-order valence-corrected chi connectivity index (χ2v) is 5.03. The normalized spacial score (nSPS) is 13.8. The molecule has 0 fully saturated rings. The van der Waals surface area contributed by atoms with Crippen molar-refractivity contribution in [2.75, 3.05) is 19.6 Å². The van der Waals surface area contributed by atoms with Crippen LogP contribution < -0.4 is 5.73 Å². The van der Waals surface area contributed by atoms with Gasteiger partial charge in [-0.3, -0.25) is 0 Å². The molecule has 0 aromatic heterocycles. The van der Waals surface area contributed by atoms with Gasteiger partial charge >= 0.3 is 6.18 Å². The maximum absolute atomic E-state index is 12.7. The second kappa shape index (κ2) is 7.64. The molecule has 0 heterocycles. The Balaban J connectivity index is 2.78. The van der Waals surface area contributed by atoms with Crippen molar-refractivity contribution in [2.45, 2.75) is 38.9 Å². The van der Waals surface area contributed by atoms with E-state index in [1.165, 1.54) is 6.07 Å². The molecule has 0 saturated carbocycles. The Morgan fingerprint density at radius 1 is 1.15 bits per heavy atom. The number of hydrogen-bond donors (Lipinski definition) is 1. The van der Waals surface area contributed by atoms with E-state index in [2.05, 4.69) is 18.7 Å². The lowest BCUT2D eigenvalue weighted by molar-refractivity contribution is -0.137. The van der Waals surface area contributed by atoms with E-state index in [-0.39, 0.29) is 0 Å². The van der Waals surface area contributed by atoms with Gasteiger partial charge in [0, 0.05) is 12.6 Å². The first-order chi connectivity index (χ1) is 9.38. The molecule has 0 spiro atoms. The molecule has 1 aromatic carbocycles. The van der Waals surface area contributed by atoms with Gasteiger partial charge in [-0.15, -0.1) is 0 Å². The van der Waals surface area contributed by atoms with Crippen LogP contribution in [0.2, 0.25) is 0 Å². The number of nitrogens with zero attached hydrogens (tertiary/aromatic N) is 1. The summed E-state index contributed by atoms with van der Waals surface area (Å²) < 4.78 is 38.1. The molecule has 0 aliphatic rings. The SMILES string of the molecule is CCCN(CCC)CC(N)c1cccc(C(F)(F)F)c1. The molecular formula is C15H23F3N2. The first-order valence-electron chi connectivity index (χ1n) is 7.03. The third-order valence-corrected chi connectivity index (χ3v) is 3.18. The smallest absolute Gasteiger partial charge is 0.323 e. The van der Waals surface area contributed by atoms with E-state index in [4.69, 9.17) is 5.73 Å². The van der Waals surface area contributed by atoms with Gasteiger partial charge < -0.3 is 10.6 Å². The summed E-state index contributed by atoms with van der Waals surface area (Å²) in [7, 11) is 0. The predicted octanol–water partition coefficient (Wildman–Crippen LogP) is 3.83. The Bertz CT molecular complexity index is 398. The van der Waals surface area contributed by atoms with E-state index in [9.17, 15) is 13.2 Å². The van der Waals surface area contributed by atoms with Crippen LogP contribution in [0.1, 0.15) is 43.9 Å². The summed E-state index contributed by atoms with van der Waals surface area (Å²) in [5.41, 5.74) is 5.96. The fourth-order valence-corrected chi connectivity index (χ4v) is 2.26. The maximum Gasteiger partial charge on any atom is 0.416 e. The van der Waals surface area contributed by atoms with Gasteiger partial charge in [0.25, 0.3) is 0 Å². The molecule has 1 rings (SSSR count). The van der Waals surface area contributed by atoms with Crippen molar-refractivity contribution in [1.29, 1.82) is 0 Å². The van der Waals surface area contributed by atoms with E-state index in [1.54, 1.807) is 6.07 Å². The van der Waals surface area contributed by atoms with Gasteiger partial charge in [0.15, 0.2) is 0 Å². The van der Waals surface area contributed by atoms with E-state index in [1.807, 2.05) is 0 Å². The van der Waals surface area contributed by atoms with Gasteiger partial charge in [0.1, 0.15) is 0 Å². The van der Waals surface area contributed by atoms with E-state index >= 15 is 0 Å². The van der Waals surface area contributed by atoms with Crippen LogP contribution in [-0.4, -0.2) is 24.5 Å². The van der Waals surface area contributed by atoms with Crippen molar-refractivity contribution in [3.63, 3.8) is 0 Å². The fourth-order valence-electron chi connectivity index (χ4n) is 2.26. The zero-order valence-corrected chi connectivity index (χ0v) is 12.1. The van der Waals surface area contributed by atoms with Crippen molar-refractivity contribution in [2.24, 2.45) is 5.73 Å². The second-order valence-electron chi connectivity index (χ2n) is 5.03. The molecule has 2 nitrogen and oxygen atoms in total. The summed E-state index contributed by atoms with van der Waals surface area (Å²) in [5.74, 6) is 0. The van der Waals surface area contributed by atoms with Crippen molar-refractivity contribution >= 4 is 0 Å². The Morgan fingerprint density at radius 2 is 1.75 bits per heavy atom. The van der Waals surface area contributed by atoms with Crippen LogP contribution in [0, 0.1) is 0 Å². The molecule has 0 radical (unpaired) electrons. The molecule has 0 aliphatic carbocycles. The Kier molecular flexibility index (Phi) is 6.49. The average molecular weight is 288 g/mol. The minimum atomic E-state index is -4.32. The van der Waals surface area contributed by atoms with Gasteiger partial charge in [-0.1, -0.05) is 26.0 Å². The van der Waals surface area contributed by atoms with Crippen LogP contribution >= 0.6 is 0 Å². The Hall–Kier alpha value is -1.07. The average Bonchev–Trinajstić information content (AvgIpc) is 2.38. The third kappa shape index (κ3) is 5.13. The van der Waals surface area contributed by atoms with Crippen molar-refractivity contribution < 1.29 is 13.2 Å². The highest BCUT2D eigenvalue weighted by atomic mass is 19.4. The van der Waals surface area contributed by atoms with Gasteiger partial charge in [-0.25, -0.2) is 0 Å². The molecule has 0 amide bonds. The molecular weight excluding hydrogens is 265 g/mol. The quantitative estimate of drug-likeness (QED) is 0.826. The number of nitrogens with two attached hydrogens (primary N) is 1. The summed E-state index contributed by atoms with van der Waals surface area (Å²) in [5, 5.41) is 0. The van der Waals surface area contributed by atoms with Crippen LogP contribution in [0.15, 0.2) is 24.3 Å². The van der Waals surface area contributed by atoms with E-state index in [0.717, 1.165) is 38.1 Å². The molecule has 2 N–H and O–H groups in total. The minimum absolute atomic E-state index is 0.393. The first-order valence-corrected chi connectivity index (χ1v) is 7.03. The molecule has 0 bridgehead atoms. The molecule has 20 heavy (non-hydrogen) atoms. The molecule has 1 aromatic rings. The van der Waals surface area contributed by atoms with Gasteiger partial charge in [-0.05, 0) is 43.6 Å². The predicted molar refractivity (Wildman–Crippen MR) is 75.4 cm³/mol. The largest absolute Gasteiger partial charge is 0.416 e. The van der Waals surface area contributed by atoms with Gasteiger partial charge in [0.2, 0.25) is 0 Å². The Labute approximate surface area is 118 Å². The minimum Gasteiger partial charge on any atom is -0.323 e. The highest BCUT2D eigenvalue weighted by Gasteiger charge is 2.30. The summed E-state index contributed by atoms with van der Waals surface area (Å²) in [6.45, 7) is 6.58. The van der Waals surface area contributed by atoms with Crippen LogP contribution in [0.25, 0.3) is 0 Å². The molecule has 114 valence electrons. The van der Waals surface area contributed by atoms with Crippen LogP contribution in [0.4, 0.5) is 13.2 Å². The van der Waals surface area contributed by atoms with Gasteiger partial charge in [0.05, 0.1) is 5.56 Å². The lowest BCUT2D eigenvalue weighted by Crippen LogP contribution is -2.33. The molecule has 1 atom stereocenters. The molecule has 5 heteroatoms. The van der Waals surface area contributed by atoms with Crippen LogP contribution in [0.3, 0.4) is 0 Å². The first kappa shape index (κ1) is 17.0. The summed E-state index contributed by atoms with van der Waals surface area (Å²) in [4.78, 5) is 2.20. The topological polar surface area (TPSA) is 29.3 Å². The number of alkyl halides is 3. The highest BCUT2D eigenvalue weighted by Crippen LogP contribution is 2.30. The van der Waals surface area contributed by atoms with Crippen molar-refractivity contribution in [3.8, 4) is 0 Å². The monoisotopic (exact) mass is 288 g/mol. The van der Waals surface area contributed by atoms with Crippen LogP contribution in [-0.2, 0) is 6.18 Å². The summed E-state index contributed by atoms with van der Waals surface area (Å²) in [6.07, 6.45) is -2.30. The fraction of sp³-hybridized carbons (Fsp3) is 0.600. The van der Waals surface area contributed by atoms with Crippen LogP contribution in [0.5, 0.6) is 0 Å². The number of halogens is 3. The highest BCUT2D eigenvalue weighted by molar-refractivity contribution is 5.28. The molecule has 0 saturated heterocycles. The number of benzene rings is 1. The van der Waals surface area contributed by atoms with Gasteiger partial charge in [-0.2, -0.15) is 13.2 Å². The number of hydrogen-bond acceptors (Lipinski definition) is 2. The molecule has 0 aliphatic heterocycles. The summed E-state index contributed by atoms with van der Waals surface area (Å²) in [6, 6.07) is 4.92. The third-order valence-electron chi connectivity index (χ3n) is 3.18.